The zero-order valence-electron chi connectivity index (χ0n) is 14.4. The minimum atomic E-state index is -0.295. The molecule has 1 spiro atoms. The van der Waals surface area contributed by atoms with Gasteiger partial charge in [0.05, 0.1) is 24.8 Å². The Morgan fingerprint density at radius 1 is 1.29 bits per heavy atom. The first kappa shape index (κ1) is 17.3. The lowest BCUT2D eigenvalue weighted by atomic mass is 9.88. The lowest BCUT2D eigenvalue weighted by molar-refractivity contribution is -0.119. The van der Waals surface area contributed by atoms with Gasteiger partial charge in [0.15, 0.2) is 0 Å². The summed E-state index contributed by atoms with van der Waals surface area (Å²) < 4.78 is 19.4. The van der Waals surface area contributed by atoms with Crippen molar-refractivity contribution in [1.82, 2.24) is 10.2 Å². The van der Waals surface area contributed by atoms with Gasteiger partial charge >= 0.3 is 0 Å². The molecular weight excluding hydrogens is 309 g/mol. The fraction of sp³-hybridized carbons (Fsp3) is 0.611. The molecule has 2 saturated heterocycles. The van der Waals surface area contributed by atoms with E-state index in [9.17, 15) is 9.18 Å². The van der Waals surface area contributed by atoms with Crippen LogP contribution in [0.25, 0.3) is 0 Å². The maximum absolute atomic E-state index is 13.3. The van der Waals surface area contributed by atoms with E-state index in [1.54, 1.807) is 17.0 Å². The van der Waals surface area contributed by atoms with E-state index in [1.807, 2.05) is 19.0 Å². The molecule has 1 aromatic carbocycles. The molecule has 2 aliphatic rings. The standard InChI is InChI=1S/C18H26FN3O2/c1-21(2)12-17(23)22(15-5-3-14(19)4-6-15)16-11-18(24-13-16)7-9-20-10-8-18/h3-6,16,20H,7-13H2,1-2H3/t16-/m1/s1. The average molecular weight is 335 g/mol. The van der Waals surface area contributed by atoms with Gasteiger partial charge in [0.1, 0.15) is 5.82 Å². The highest BCUT2D eigenvalue weighted by atomic mass is 19.1. The first-order valence-corrected chi connectivity index (χ1v) is 8.56. The number of likely N-dealkylation sites (N-methyl/N-ethyl adjacent to an activating group) is 1. The van der Waals surface area contributed by atoms with Crippen molar-refractivity contribution in [3.8, 4) is 0 Å². The van der Waals surface area contributed by atoms with Gasteiger partial charge in [0.25, 0.3) is 0 Å². The van der Waals surface area contributed by atoms with E-state index >= 15 is 0 Å². The summed E-state index contributed by atoms with van der Waals surface area (Å²) >= 11 is 0. The van der Waals surface area contributed by atoms with Crippen LogP contribution in [0, 0.1) is 5.82 Å². The van der Waals surface area contributed by atoms with Crippen LogP contribution in [0.4, 0.5) is 10.1 Å². The summed E-state index contributed by atoms with van der Waals surface area (Å²) in [6.07, 6.45) is 2.79. The van der Waals surface area contributed by atoms with E-state index in [0.717, 1.165) is 38.0 Å². The smallest absolute Gasteiger partial charge is 0.241 e. The molecule has 0 aromatic heterocycles. The normalized spacial score (nSPS) is 22.9. The molecular formula is C18H26FN3O2. The van der Waals surface area contributed by atoms with Crippen LogP contribution in [0.1, 0.15) is 19.3 Å². The van der Waals surface area contributed by atoms with Gasteiger partial charge in [-0.05, 0) is 70.7 Å². The van der Waals surface area contributed by atoms with Crippen molar-refractivity contribution in [2.24, 2.45) is 0 Å². The van der Waals surface area contributed by atoms with Gasteiger partial charge in [-0.25, -0.2) is 4.39 Å². The number of anilines is 1. The number of benzene rings is 1. The predicted octanol–water partition coefficient (Wildman–Crippen LogP) is 1.63. The van der Waals surface area contributed by atoms with Crippen molar-refractivity contribution in [2.75, 3.05) is 45.2 Å². The monoisotopic (exact) mass is 335 g/mol. The third-order valence-corrected chi connectivity index (χ3v) is 4.89. The second-order valence-corrected chi connectivity index (χ2v) is 7.08. The molecule has 132 valence electrons. The van der Waals surface area contributed by atoms with Gasteiger partial charge in [-0.3, -0.25) is 4.79 Å². The first-order chi connectivity index (χ1) is 11.5. The molecule has 1 atom stereocenters. The minimum absolute atomic E-state index is 0.000936. The van der Waals surface area contributed by atoms with Crippen molar-refractivity contribution >= 4 is 11.6 Å². The van der Waals surface area contributed by atoms with Crippen LogP contribution in [-0.2, 0) is 9.53 Å². The molecule has 0 saturated carbocycles. The number of carbonyl (C=O) groups excluding carboxylic acids is 1. The number of ether oxygens (including phenoxy) is 1. The van der Waals surface area contributed by atoms with E-state index < -0.39 is 0 Å². The quantitative estimate of drug-likeness (QED) is 0.908. The van der Waals surface area contributed by atoms with Gasteiger partial charge in [-0.2, -0.15) is 0 Å². The van der Waals surface area contributed by atoms with Crippen molar-refractivity contribution in [1.29, 1.82) is 0 Å². The maximum Gasteiger partial charge on any atom is 0.241 e. The number of nitrogens with one attached hydrogen (secondary N) is 1. The number of hydrogen-bond acceptors (Lipinski definition) is 4. The molecule has 2 fully saturated rings. The van der Waals surface area contributed by atoms with Crippen LogP contribution >= 0.6 is 0 Å². The molecule has 2 aliphatic heterocycles. The molecule has 2 heterocycles. The fourth-order valence-electron chi connectivity index (χ4n) is 3.72. The Balaban J connectivity index is 1.82. The lowest BCUT2D eigenvalue weighted by Gasteiger charge is -2.34. The topological polar surface area (TPSA) is 44.8 Å². The van der Waals surface area contributed by atoms with Gasteiger partial charge in [-0.15, -0.1) is 0 Å². The lowest BCUT2D eigenvalue weighted by Crippen LogP contribution is -2.47. The summed E-state index contributed by atoms with van der Waals surface area (Å²) in [5, 5.41) is 3.36. The van der Waals surface area contributed by atoms with Crippen LogP contribution in [-0.4, -0.2) is 62.8 Å². The maximum atomic E-state index is 13.3. The van der Waals surface area contributed by atoms with Crippen molar-refractivity contribution < 1.29 is 13.9 Å². The van der Waals surface area contributed by atoms with Crippen molar-refractivity contribution in [2.45, 2.75) is 30.9 Å². The van der Waals surface area contributed by atoms with Crippen molar-refractivity contribution in [3.63, 3.8) is 0 Å². The Hall–Kier alpha value is -1.50. The van der Waals surface area contributed by atoms with Gasteiger partial charge < -0.3 is 19.9 Å². The highest BCUT2D eigenvalue weighted by molar-refractivity contribution is 5.95. The molecule has 5 nitrogen and oxygen atoms in total. The Morgan fingerprint density at radius 2 is 1.96 bits per heavy atom. The number of rotatable bonds is 4. The fourth-order valence-corrected chi connectivity index (χ4v) is 3.72. The predicted molar refractivity (Wildman–Crippen MR) is 91.6 cm³/mol. The van der Waals surface area contributed by atoms with E-state index in [4.69, 9.17) is 4.74 Å². The second kappa shape index (κ2) is 7.17. The summed E-state index contributed by atoms with van der Waals surface area (Å²) in [4.78, 5) is 16.5. The van der Waals surface area contributed by atoms with Crippen molar-refractivity contribution in [3.05, 3.63) is 30.1 Å². The summed E-state index contributed by atoms with van der Waals surface area (Å²) in [6.45, 7) is 2.77. The van der Waals surface area contributed by atoms with Crippen LogP contribution in [0.2, 0.25) is 0 Å². The third kappa shape index (κ3) is 3.77. The van der Waals surface area contributed by atoms with Gasteiger partial charge in [0, 0.05) is 5.69 Å². The summed E-state index contributed by atoms with van der Waals surface area (Å²) in [5.41, 5.74) is 0.620. The Bertz CT molecular complexity index is 570. The van der Waals surface area contributed by atoms with Gasteiger partial charge in [0.2, 0.25) is 5.91 Å². The zero-order valence-corrected chi connectivity index (χ0v) is 14.4. The molecule has 3 rings (SSSR count). The molecule has 1 aromatic rings. The molecule has 0 bridgehead atoms. The molecule has 0 radical (unpaired) electrons. The molecule has 0 aliphatic carbocycles. The Labute approximate surface area is 142 Å². The first-order valence-electron chi connectivity index (χ1n) is 8.56. The second-order valence-electron chi connectivity index (χ2n) is 7.08. The van der Waals surface area contributed by atoms with Crippen LogP contribution in [0.15, 0.2) is 24.3 Å². The number of hydrogen-bond donors (Lipinski definition) is 1. The van der Waals surface area contributed by atoms with E-state index in [0.29, 0.717) is 13.2 Å². The van der Waals surface area contributed by atoms with Crippen LogP contribution < -0.4 is 10.2 Å². The summed E-state index contributed by atoms with van der Waals surface area (Å²) in [6, 6.07) is 6.16. The molecule has 0 unspecified atom stereocenters. The minimum Gasteiger partial charge on any atom is -0.373 e. The molecule has 6 heteroatoms. The molecule has 24 heavy (non-hydrogen) atoms. The van der Waals surface area contributed by atoms with Gasteiger partial charge in [-0.1, -0.05) is 0 Å². The number of piperidine rings is 1. The molecule has 1 amide bonds. The Kier molecular flexibility index (Phi) is 5.18. The number of amides is 1. The van der Waals surface area contributed by atoms with Crippen LogP contribution in [0.5, 0.6) is 0 Å². The number of carbonyl (C=O) groups is 1. The van der Waals surface area contributed by atoms with E-state index in [2.05, 4.69) is 5.32 Å². The largest absolute Gasteiger partial charge is 0.373 e. The van der Waals surface area contributed by atoms with E-state index in [1.165, 1.54) is 12.1 Å². The highest BCUT2D eigenvalue weighted by Gasteiger charge is 2.44. The highest BCUT2D eigenvalue weighted by Crippen LogP contribution is 2.37. The number of nitrogens with zero attached hydrogens (tertiary/aromatic N) is 2. The third-order valence-electron chi connectivity index (χ3n) is 4.89. The Morgan fingerprint density at radius 3 is 2.58 bits per heavy atom. The summed E-state index contributed by atoms with van der Waals surface area (Å²) in [7, 11) is 3.75. The van der Waals surface area contributed by atoms with E-state index in [-0.39, 0.29) is 23.4 Å². The SMILES string of the molecule is CN(C)CC(=O)N(c1ccc(F)cc1)[C@H]1COC2(CCNCC2)C1. The molecule has 1 N–H and O–H groups in total. The summed E-state index contributed by atoms with van der Waals surface area (Å²) in [5.74, 6) is -0.276. The average Bonchev–Trinajstić information content (AvgIpc) is 2.92. The van der Waals surface area contributed by atoms with Crippen LogP contribution in [0.3, 0.4) is 0 Å². The number of halogens is 1. The zero-order chi connectivity index (χ0) is 17.2.